The molecule has 2 rings (SSSR count). The average molecular weight is 212 g/mol. The predicted molar refractivity (Wildman–Crippen MR) is 57.8 cm³/mol. The third-order valence-electron chi connectivity index (χ3n) is 2.59. The van der Waals surface area contributed by atoms with Crippen molar-refractivity contribution < 1.29 is 0 Å². The second-order valence-electron chi connectivity index (χ2n) is 3.94. The molecule has 1 aliphatic carbocycles. The van der Waals surface area contributed by atoms with E-state index in [4.69, 9.17) is 11.6 Å². The zero-order chi connectivity index (χ0) is 10.1. The fraction of sp³-hybridized carbons (Fsp3) is 0.600. The summed E-state index contributed by atoms with van der Waals surface area (Å²) in [6.45, 7) is 3.04. The lowest BCUT2D eigenvalue weighted by Gasteiger charge is -2.19. The van der Waals surface area contributed by atoms with Gasteiger partial charge in [-0.05, 0) is 25.7 Å². The third-order valence-corrected chi connectivity index (χ3v) is 2.97. The fourth-order valence-corrected chi connectivity index (χ4v) is 1.71. The van der Waals surface area contributed by atoms with Gasteiger partial charge in [0.25, 0.3) is 0 Å². The van der Waals surface area contributed by atoms with Crippen LogP contribution in [0.25, 0.3) is 0 Å². The van der Waals surface area contributed by atoms with Crippen LogP contribution in [0.1, 0.15) is 18.4 Å². The molecule has 1 aliphatic rings. The minimum Gasteiger partial charge on any atom is -0.359 e. The lowest BCUT2D eigenvalue weighted by atomic mass is 10.3. The largest absolute Gasteiger partial charge is 0.359 e. The second-order valence-corrected chi connectivity index (χ2v) is 4.29. The topological polar surface area (TPSA) is 29.0 Å². The zero-order valence-electron chi connectivity index (χ0n) is 8.50. The van der Waals surface area contributed by atoms with Crippen LogP contribution in [0, 0.1) is 12.8 Å². The molecule has 1 aromatic heterocycles. The summed E-state index contributed by atoms with van der Waals surface area (Å²) in [6, 6.07) is 0. The van der Waals surface area contributed by atoms with Crippen molar-refractivity contribution >= 4 is 17.4 Å². The van der Waals surface area contributed by atoms with Crippen molar-refractivity contribution in [1.29, 1.82) is 0 Å². The van der Waals surface area contributed by atoms with Gasteiger partial charge in [0.1, 0.15) is 17.3 Å². The highest BCUT2D eigenvalue weighted by molar-refractivity contribution is 6.30. The van der Waals surface area contributed by atoms with Crippen LogP contribution in [0.15, 0.2) is 6.33 Å². The molecule has 0 saturated heterocycles. The summed E-state index contributed by atoms with van der Waals surface area (Å²) in [5, 5.41) is 0.553. The fourth-order valence-electron chi connectivity index (χ4n) is 1.58. The van der Waals surface area contributed by atoms with E-state index in [1.54, 1.807) is 0 Å². The molecule has 4 heteroatoms. The van der Waals surface area contributed by atoms with E-state index in [-0.39, 0.29) is 0 Å². The number of halogens is 1. The number of nitrogens with zero attached hydrogens (tertiary/aromatic N) is 3. The van der Waals surface area contributed by atoms with E-state index in [0.29, 0.717) is 5.15 Å². The normalized spacial score (nSPS) is 15.6. The van der Waals surface area contributed by atoms with Gasteiger partial charge < -0.3 is 4.90 Å². The summed E-state index contributed by atoms with van der Waals surface area (Å²) in [7, 11) is 2.06. The molecule has 76 valence electrons. The van der Waals surface area contributed by atoms with Gasteiger partial charge in [-0.2, -0.15) is 0 Å². The Morgan fingerprint density at radius 2 is 2.21 bits per heavy atom. The van der Waals surface area contributed by atoms with Crippen molar-refractivity contribution in [1.82, 2.24) is 9.97 Å². The monoisotopic (exact) mass is 211 g/mol. The van der Waals surface area contributed by atoms with E-state index in [9.17, 15) is 0 Å². The molecule has 1 heterocycles. The van der Waals surface area contributed by atoms with E-state index >= 15 is 0 Å². The number of aromatic nitrogens is 2. The third kappa shape index (κ3) is 1.98. The summed E-state index contributed by atoms with van der Waals surface area (Å²) in [5.41, 5.74) is 0.970. The minimum absolute atomic E-state index is 0.553. The Morgan fingerprint density at radius 3 is 2.86 bits per heavy atom. The first-order valence-corrected chi connectivity index (χ1v) is 5.24. The summed E-state index contributed by atoms with van der Waals surface area (Å²) in [5.74, 6) is 1.81. The Morgan fingerprint density at radius 1 is 1.50 bits per heavy atom. The lowest BCUT2D eigenvalue weighted by Crippen LogP contribution is -2.22. The molecular formula is C10H14ClN3. The molecular weight excluding hydrogens is 198 g/mol. The molecule has 14 heavy (non-hydrogen) atoms. The first kappa shape index (κ1) is 9.71. The van der Waals surface area contributed by atoms with Crippen LogP contribution >= 0.6 is 11.6 Å². The molecule has 1 saturated carbocycles. The Bertz CT molecular complexity index is 336. The van der Waals surface area contributed by atoms with Gasteiger partial charge in [0.05, 0.1) is 0 Å². The molecule has 0 N–H and O–H groups in total. The van der Waals surface area contributed by atoms with Crippen molar-refractivity contribution in [2.24, 2.45) is 5.92 Å². The van der Waals surface area contributed by atoms with Crippen molar-refractivity contribution in [3.63, 3.8) is 0 Å². The van der Waals surface area contributed by atoms with Crippen molar-refractivity contribution in [2.45, 2.75) is 19.8 Å². The Hall–Kier alpha value is -0.830. The maximum Gasteiger partial charge on any atom is 0.137 e. The maximum absolute atomic E-state index is 5.93. The predicted octanol–water partition coefficient (Wildman–Crippen LogP) is 2.28. The Balaban J connectivity index is 2.16. The number of hydrogen-bond donors (Lipinski definition) is 0. The summed E-state index contributed by atoms with van der Waals surface area (Å²) in [4.78, 5) is 10.4. The molecule has 3 nitrogen and oxygen atoms in total. The molecule has 0 atom stereocenters. The molecule has 0 amide bonds. The molecule has 0 aliphatic heterocycles. The van der Waals surface area contributed by atoms with Gasteiger partial charge in [-0.25, -0.2) is 9.97 Å². The number of anilines is 1. The number of hydrogen-bond acceptors (Lipinski definition) is 3. The van der Waals surface area contributed by atoms with Gasteiger partial charge in [-0.1, -0.05) is 11.6 Å². The smallest absolute Gasteiger partial charge is 0.137 e. The highest BCUT2D eigenvalue weighted by Gasteiger charge is 2.24. The van der Waals surface area contributed by atoms with Crippen molar-refractivity contribution in [3.05, 3.63) is 17.0 Å². The second kappa shape index (κ2) is 3.73. The van der Waals surface area contributed by atoms with E-state index in [2.05, 4.69) is 21.9 Å². The highest BCUT2D eigenvalue weighted by Crippen LogP contribution is 2.31. The van der Waals surface area contributed by atoms with Crippen LogP contribution in [-0.4, -0.2) is 23.6 Å². The van der Waals surface area contributed by atoms with Crippen LogP contribution in [0.5, 0.6) is 0 Å². The standard InChI is InChI=1S/C10H14ClN3/c1-7-9(11)12-6-13-10(7)14(2)5-8-3-4-8/h6,8H,3-5H2,1-2H3. The first-order valence-electron chi connectivity index (χ1n) is 4.86. The van der Waals surface area contributed by atoms with Gasteiger partial charge in [0.2, 0.25) is 0 Å². The van der Waals surface area contributed by atoms with Crippen LogP contribution in [-0.2, 0) is 0 Å². The van der Waals surface area contributed by atoms with E-state index in [0.717, 1.165) is 23.8 Å². The molecule has 1 aromatic rings. The summed E-state index contributed by atoms with van der Waals surface area (Å²) >= 11 is 5.93. The van der Waals surface area contributed by atoms with Crippen LogP contribution in [0.3, 0.4) is 0 Å². The van der Waals surface area contributed by atoms with Gasteiger partial charge in [-0.3, -0.25) is 0 Å². The lowest BCUT2D eigenvalue weighted by molar-refractivity contribution is 0.772. The zero-order valence-corrected chi connectivity index (χ0v) is 9.25. The highest BCUT2D eigenvalue weighted by atomic mass is 35.5. The molecule has 0 aromatic carbocycles. The van der Waals surface area contributed by atoms with Gasteiger partial charge >= 0.3 is 0 Å². The molecule has 0 spiro atoms. The maximum atomic E-state index is 5.93. The van der Waals surface area contributed by atoms with E-state index < -0.39 is 0 Å². The van der Waals surface area contributed by atoms with Crippen LogP contribution in [0.2, 0.25) is 5.15 Å². The molecule has 0 bridgehead atoms. The van der Waals surface area contributed by atoms with Gasteiger partial charge in [0, 0.05) is 19.2 Å². The van der Waals surface area contributed by atoms with Crippen LogP contribution < -0.4 is 4.90 Å². The average Bonchev–Trinajstić information content (AvgIpc) is 2.93. The summed E-state index contributed by atoms with van der Waals surface area (Å²) < 4.78 is 0. The van der Waals surface area contributed by atoms with Crippen molar-refractivity contribution in [3.8, 4) is 0 Å². The SMILES string of the molecule is Cc1c(Cl)ncnc1N(C)CC1CC1. The van der Waals surface area contributed by atoms with Crippen LogP contribution in [0.4, 0.5) is 5.82 Å². The Labute approximate surface area is 89.1 Å². The Kier molecular flexibility index (Phi) is 2.59. The molecule has 0 radical (unpaired) electrons. The van der Waals surface area contributed by atoms with E-state index in [1.807, 2.05) is 6.92 Å². The summed E-state index contributed by atoms with van der Waals surface area (Å²) in [6.07, 6.45) is 4.22. The number of rotatable bonds is 3. The molecule has 1 fully saturated rings. The quantitative estimate of drug-likeness (QED) is 0.719. The van der Waals surface area contributed by atoms with Crippen molar-refractivity contribution in [2.75, 3.05) is 18.5 Å². The van der Waals surface area contributed by atoms with Gasteiger partial charge in [-0.15, -0.1) is 0 Å². The van der Waals surface area contributed by atoms with Gasteiger partial charge in [0.15, 0.2) is 0 Å². The first-order chi connectivity index (χ1) is 6.68. The van der Waals surface area contributed by atoms with E-state index in [1.165, 1.54) is 19.2 Å². The molecule has 0 unspecified atom stereocenters. The minimum atomic E-state index is 0.553.